The molecule has 11 heteroatoms. The number of aromatic nitrogens is 2. The molecule has 0 bridgehead atoms. The van der Waals surface area contributed by atoms with Crippen LogP contribution in [-0.2, 0) is 21.3 Å². The first-order valence-corrected chi connectivity index (χ1v) is 15.9. The second kappa shape index (κ2) is 16.1. The van der Waals surface area contributed by atoms with Crippen LogP contribution in [0.15, 0.2) is 61.7 Å². The monoisotopic (exact) mass is 640 g/mol. The molecule has 1 aliphatic heterocycles. The highest BCUT2D eigenvalue weighted by molar-refractivity contribution is 6.30. The van der Waals surface area contributed by atoms with Crippen LogP contribution in [0.4, 0.5) is 4.79 Å². The quantitative estimate of drug-likeness (QED) is 0.395. The Morgan fingerprint density at radius 1 is 1.20 bits per heavy atom. The Morgan fingerprint density at radius 3 is 2.38 bits per heavy atom. The van der Waals surface area contributed by atoms with Crippen molar-refractivity contribution in [2.24, 2.45) is 12.8 Å². The summed E-state index contributed by atoms with van der Waals surface area (Å²) >= 11 is 6.59. The SMILES string of the molecule is C=C1C=C(C(NC(=O)C2(OC)CC2)c2cncn2C)c2cc(Cl)ccc2C(N2CCN(C(=O)OC(C)C)CC2)C1.C=CN.CC. The Kier molecular flexibility index (Phi) is 12.8. The van der Waals surface area contributed by atoms with Crippen LogP contribution < -0.4 is 11.1 Å². The van der Waals surface area contributed by atoms with Crippen molar-refractivity contribution in [2.45, 2.75) is 70.7 Å². The molecular formula is C34H49ClN6O4. The van der Waals surface area contributed by atoms with Gasteiger partial charge in [-0.05, 0) is 68.1 Å². The fourth-order valence-electron chi connectivity index (χ4n) is 5.70. The molecule has 2 aromatic rings. The topological polar surface area (TPSA) is 115 Å². The zero-order valence-electron chi connectivity index (χ0n) is 27.5. The molecule has 3 N–H and O–H groups in total. The van der Waals surface area contributed by atoms with Crippen LogP contribution in [0.1, 0.15) is 75.9 Å². The third kappa shape index (κ3) is 8.56. The lowest BCUT2D eigenvalue weighted by Gasteiger charge is -2.39. The van der Waals surface area contributed by atoms with E-state index < -0.39 is 11.6 Å². The second-order valence-electron chi connectivity index (χ2n) is 11.4. The van der Waals surface area contributed by atoms with E-state index in [0.717, 1.165) is 28.0 Å². The van der Waals surface area contributed by atoms with Gasteiger partial charge in [-0.25, -0.2) is 9.78 Å². The van der Waals surface area contributed by atoms with Crippen molar-refractivity contribution in [3.8, 4) is 0 Å². The minimum Gasteiger partial charge on any atom is -0.447 e. The first-order chi connectivity index (χ1) is 21.5. The van der Waals surface area contributed by atoms with Crippen molar-refractivity contribution in [3.05, 3.63) is 83.6 Å². The van der Waals surface area contributed by atoms with Crippen molar-refractivity contribution in [1.29, 1.82) is 0 Å². The van der Waals surface area contributed by atoms with Crippen LogP contribution >= 0.6 is 11.6 Å². The summed E-state index contributed by atoms with van der Waals surface area (Å²) in [6, 6.07) is 5.52. The zero-order valence-corrected chi connectivity index (χ0v) is 28.3. The molecular weight excluding hydrogens is 592 g/mol. The van der Waals surface area contributed by atoms with Gasteiger partial charge in [0, 0.05) is 51.4 Å². The largest absolute Gasteiger partial charge is 0.447 e. The van der Waals surface area contributed by atoms with Gasteiger partial charge in [0.25, 0.3) is 5.91 Å². The van der Waals surface area contributed by atoms with E-state index in [-0.39, 0.29) is 24.1 Å². The van der Waals surface area contributed by atoms with Crippen molar-refractivity contribution in [3.63, 3.8) is 0 Å². The third-order valence-electron chi connectivity index (χ3n) is 8.10. The predicted octanol–water partition coefficient (Wildman–Crippen LogP) is 5.77. The molecule has 10 nitrogen and oxygen atoms in total. The number of amides is 2. The molecule has 1 aromatic heterocycles. The maximum absolute atomic E-state index is 13.4. The van der Waals surface area contributed by atoms with E-state index in [1.807, 2.05) is 51.4 Å². The number of aryl methyl sites for hydroxylation is 1. The summed E-state index contributed by atoms with van der Waals surface area (Å²) in [7, 11) is 3.50. The summed E-state index contributed by atoms with van der Waals surface area (Å²) in [5, 5.41) is 3.89. The van der Waals surface area contributed by atoms with E-state index in [1.54, 1.807) is 24.5 Å². The van der Waals surface area contributed by atoms with Gasteiger partial charge in [-0.3, -0.25) is 9.69 Å². The molecule has 2 atom stereocenters. The van der Waals surface area contributed by atoms with Gasteiger partial charge in [0.05, 0.1) is 30.4 Å². The molecule has 2 unspecified atom stereocenters. The number of halogens is 1. The van der Waals surface area contributed by atoms with Crippen molar-refractivity contribution >= 4 is 29.2 Å². The molecule has 0 radical (unpaired) electrons. The number of benzene rings is 1. The molecule has 246 valence electrons. The Morgan fingerprint density at radius 2 is 1.84 bits per heavy atom. The number of carbonyl (C=O) groups excluding carboxylic acids is 2. The molecule has 2 heterocycles. The van der Waals surface area contributed by atoms with Crippen LogP contribution in [0.2, 0.25) is 5.02 Å². The summed E-state index contributed by atoms with van der Waals surface area (Å²) in [6.07, 6.45) is 8.52. The second-order valence-corrected chi connectivity index (χ2v) is 11.9. The number of ether oxygens (including phenoxy) is 2. The van der Waals surface area contributed by atoms with Gasteiger partial charge in [-0.15, -0.1) is 0 Å². The molecule has 45 heavy (non-hydrogen) atoms. The van der Waals surface area contributed by atoms with Gasteiger partial charge in [0.2, 0.25) is 0 Å². The number of nitrogens with zero attached hydrogens (tertiary/aromatic N) is 4. The van der Waals surface area contributed by atoms with E-state index in [1.165, 1.54) is 6.20 Å². The van der Waals surface area contributed by atoms with E-state index in [2.05, 4.69) is 46.2 Å². The lowest BCUT2D eigenvalue weighted by molar-refractivity contribution is -0.134. The Labute approximate surface area is 272 Å². The first-order valence-electron chi connectivity index (χ1n) is 15.6. The summed E-state index contributed by atoms with van der Waals surface area (Å²) in [4.78, 5) is 34.4. The van der Waals surface area contributed by atoms with E-state index in [9.17, 15) is 9.59 Å². The minimum absolute atomic E-state index is 0.0356. The lowest BCUT2D eigenvalue weighted by atomic mass is 9.90. The molecule has 1 aromatic carbocycles. The number of fused-ring (bicyclic) bond motifs is 1. The number of carbonyl (C=O) groups is 2. The van der Waals surface area contributed by atoms with Crippen LogP contribution in [0.3, 0.4) is 0 Å². The van der Waals surface area contributed by atoms with Crippen LogP contribution in [0.25, 0.3) is 5.57 Å². The molecule has 2 fully saturated rings. The Hall–Kier alpha value is -3.60. The van der Waals surface area contributed by atoms with Gasteiger partial charge in [-0.1, -0.05) is 56.3 Å². The molecule has 2 aliphatic carbocycles. The standard InChI is InChI=1S/C30H38ClN5O4.C2H5N.C2H6/c1-19(2)40-29(38)36-12-10-35(11-13-36)25-15-20(3)14-24(23-16-21(31)6-7-22(23)25)27(26-17-32-18-34(26)4)33-28(37)30(39-5)8-9-30;1-2-3;1-2/h6-7,14,16-19,25,27H,3,8-13,15H2,1-2,4-5H3,(H,33,37);2H,1,3H2;1-2H3. The summed E-state index contributed by atoms with van der Waals surface area (Å²) < 4.78 is 12.9. The predicted molar refractivity (Wildman–Crippen MR) is 179 cm³/mol. The number of hydrogen-bond acceptors (Lipinski definition) is 7. The number of imidazole rings is 1. The lowest BCUT2D eigenvalue weighted by Crippen LogP contribution is -2.50. The third-order valence-corrected chi connectivity index (χ3v) is 8.33. The molecule has 5 rings (SSSR count). The van der Waals surface area contributed by atoms with Gasteiger partial charge in [-0.2, -0.15) is 0 Å². The number of allylic oxidation sites excluding steroid dienone is 1. The molecule has 1 saturated heterocycles. The number of piperazine rings is 1. The fourth-order valence-corrected chi connectivity index (χ4v) is 5.87. The fraction of sp³-hybridized carbons (Fsp3) is 0.500. The number of nitrogens with one attached hydrogen (secondary N) is 1. The highest BCUT2D eigenvalue weighted by atomic mass is 35.5. The van der Waals surface area contributed by atoms with Crippen LogP contribution in [0, 0.1) is 0 Å². The normalized spacial score (nSPS) is 19.4. The smallest absolute Gasteiger partial charge is 0.410 e. The van der Waals surface area contributed by atoms with E-state index in [4.69, 9.17) is 21.1 Å². The first kappa shape index (κ1) is 35.9. The maximum Gasteiger partial charge on any atom is 0.410 e. The van der Waals surface area contributed by atoms with Crippen molar-refractivity contribution < 1.29 is 19.1 Å². The van der Waals surface area contributed by atoms with Crippen LogP contribution in [-0.4, -0.2) is 76.3 Å². The number of hydrogen-bond donors (Lipinski definition) is 2. The van der Waals surface area contributed by atoms with Crippen molar-refractivity contribution in [1.82, 2.24) is 24.7 Å². The van der Waals surface area contributed by atoms with Crippen LogP contribution in [0.5, 0.6) is 0 Å². The Balaban J connectivity index is 0.00000104. The average molecular weight is 641 g/mol. The number of methoxy groups -OCH3 is 1. The highest BCUT2D eigenvalue weighted by Crippen LogP contribution is 2.45. The van der Waals surface area contributed by atoms with Crippen molar-refractivity contribution in [2.75, 3.05) is 33.3 Å². The maximum atomic E-state index is 13.4. The number of nitrogens with two attached hydrogens (primary N) is 1. The van der Waals surface area contributed by atoms with Gasteiger partial charge in [0.15, 0.2) is 0 Å². The van der Waals surface area contributed by atoms with Gasteiger partial charge >= 0.3 is 6.09 Å². The van der Waals surface area contributed by atoms with E-state index >= 15 is 0 Å². The summed E-state index contributed by atoms with van der Waals surface area (Å²) in [5.41, 5.74) is 8.61. The molecule has 0 spiro atoms. The van der Waals surface area contributed by atoms with Gasteiger partial charge in [0.1, 0.15) is 5.60 Å². The summed E-state index contributed by atoms with van der Waals surface area (Å²) in [5.74, 6) is -0.138. The molecule has 1 saturated carbocycles. The molecule has 3 aliphatic rings. The Bertz CT molecular complexity index is 1370. The zero-order chi connectivity index (χ0) is 33.3. The highest BCUT2D eigenvalue weighted by Gasteiger charge is 2.51. The minimum atomic E-state index is -0.783. The molecule has 2 amide bonds. The van der Waals surface area contributed by atoms with Gasteiger partial charge < -0.3 is 30.0 Å². The average Bonchev–Trinajstić information content (AvgIpc) is 3.74. The number of rotatable bonds is 7. The van der Waals surface area contributed by atoms with E-state index in [0.29, 0.717) is 50.5 Å². The summed E-state index contributed by atoms with van der Waals surface area (Å²) in [6.45, 7) is 17.9.